The highest BCUT2D eigenvalue weighted by Gasteiger charge is 2.23. The molecule has 0 aromatic heterocycles. The van der Waals surface area contributed by atoms with Crippen molar-refractivity contribution in [2.24, 2.45) is 0 Å². The molecular weight excluding hydrogens is 372 g/mol. The molecule has 28 heavy (non-hydrogen) atoms. The average Bonchev–Trinajstić information content (AvgIpc) is 2.67. The number of benzene rings is 1. The molecule has 3 aliphatic heterocycles. The second kappa shape index (κ2) is 7.19. The van der Waals surface area contributed by atoms with Crippen LogP contribution in [-0.2, 0) is 6.54 Å². The first kappa shape index (κ1) is 18.3. The molecule has 0 spiro atoms. The molecule has 4 rings (SSSR count). The van der Waals surface area contributed by atoms with E-state index in [2.05, 4.69) is 15.0 Å². The molecule has 0 bridgehead atoms. The molecule has 11 nitrogen and oxygen atoms in total. The average molecular weight is 390 g/mol. The molecule has 3 heterocycles. The highest BCUT2D eigenvalue weighted by atomic mass is 16.6. The van der Waals surface area contributed by atoms with Gasteiger partial charge in [0.1, 0.15) is 13.2 Å². The lowest BCUT2D eigenvalue weighted by molar-refractivity contribution is 0.0362. The monoisotopic (exact) mass is 390 g/mol. The van der Waals surface area contributed by atoms with Gasteiger partial charge in [0.25, 0.3) is 5.56 Å². The van der Waals surface area contributed by atoms with Crippen molar-refractivity contribution >= 4 is 11.0 Å². The third kappa shape index (κ3) is 3.30. The minimum atomic E-state index is -1.11. The van der Waals surface area contributed by atoms with Crippen LogP contribution < -0.4 is 20.7 Å². The Hall–Kier alpha value is -3.02. The summed E-state index contributed by atoms with van der Waals surface area (Å²) in [5, 5.41) is 28.9. The van der Waals surface area contributed by atoms with Crippen molar-refractivity contribution in [3.8, 4) is 23.0 Å². The van der Waals surface area contributed by atoms with Crippen LogP contribution in [0, 0.1) is 0 Å². The molecule has 0 amide bonds. The lowest BCUT2D eigenvalue weighted by Crippen LogP contribution is -2.31. The number of aliphatic hydroxyl groups is 3. The van der Waals surface area contributed by atoms with Crippen LogP contribution in [0.1, 0.15) is 6.42 Å². The summed E-state index contributed by atoms with van der Waals surface area (Å²) < 4.78 is 12.6. The lowest BCUT2D eigenvalue weighted by atomic mass is 10.1. The van der Waals surface area contributed by atoms with Gasteiger partial charge in [0, 0.05) is 18.6 Å². The van der Waals surface area contributed by atoms with Crippen LogP contribution in [0.5, 0.6) is 11.5 Å². The second-order valence-electron chi connectivity index (χ2n) is 6.48. The Morgan fingerprint density at radius 2 is 1.82 bits per heavy atom. The number of rotatable bonds is 5. The van der Waals surface area contributed by atoms with Gasteiger partial charge >= 0.3 is 5.69 Å². The third-order valence-electron chi connectivity index (χ3n) is 4.42. The summed E-state index contributed by atoms with van der Waals surface area (Å²) in [4.78, 5) is 34.2. The maximum absolute atomic E-state index is 12.2. The van der Waals surface area contributed by atoms with Gasteiger partial charge in [-0.05, 0) is 0 Å². The van der Waals surface area contributed by atoms with Crippen LogP contribution in [0.25, 0.3) is 22.6 Å². The van der Waals surface area contributed by atoms with E-state index in [0.29, 0.717) is 35.7 Å². The summed E-state index contributed by atoms with van der Waals surface area (Å²) in [6.07, 6.45) is -2.29. The molecule has 148 valence electrons. The van der Waals surface area contributed by atoms with Gasteiger partial charge in [0.15, 0.2) is 23.0 Å². The molecule has 0 saturated carbocycles. The van der Waals surface area contributed by atoms with E-state index in [1.165, 1.54) is 4.57 Å². The van der Waals surface area contributed by atoms with Crippen molar-refractivity contribution in [3.63, 3.8) is 0 Å². The molecule has 11 heteroatoms. The van der Waals surface area contributed by atoms with E-state index in [4.69, 9.17) is 14.6 Å². The smallest absolute Gasteiger partial charge is 0.349 e. The molecule has 0 radical (unpaired) electrons. The Balaban J connectivity index is 1.94. The summed E-state index contributed by atoms with van der Waals surface area (Å²) in [7, 11) is 0. The molecule has 3 aliphatic rings. The standard InChI is InChI=1S/C17H18N4O7/c22-7-9(24)3-8(23)6-21-11-5-13-12(27-1-2-28-13)4-10(11)18-14-15(21)19-17(26)20-16(14)25/h4-5,8-9,22-24H,1-3,6-7H2,(H,20,25,26). The Morgan fingerprint density at radius 1 is 1.11 bits per heavy atom. The van der Waals surface area contributed by atoms with Gasteiger partial charge in [-0.1, -0.05) is 0 Å². The van der Waals surface area contributed by atoms with Gasteiger partial charge in [-0.2, -0.15) is 4.98 Å². The minimum absolute atomic E-state index is 0.00420. The fourth-order valence-corrected chi connectivity index (χ4v) is 3.19. The van der Waals surface area contributed by atoms with Crippen molar-refractivity contribution in [3.05, 3.63) is 33.0 Å². The fourth-order valence-electron chi connectivity index (χ4n) is 3.19. The topological polar surface area (TPSA) is 160 Å². The number of hydrogen-bond donors (Lipinski definition) is 4. The molecule has 1 aromatic rings. The van der Waals surface area contributed by atoms with Gasteiger partial charge in [-0.3, -0.25) is 9.78 Å². The van der Waals surface area contributed by atoms with Gasteiger partial charge in [-0.15, -0.1) is 0 Å². The molecule has 4 N–H and O–H groups in total. The normalized spacial score (nSPS) is 15.7. The highest BCUT2D eigenvalue weighted by molar-refractivity contribution is 5.83. The number of fused-ring (bicyclic) bond motifs is 3. The Bertz CT molecular complexity index is 1110. The van der Waals surface area contributed by atoms with Gasteiger partial charge in [0.05, 0.1) is 36.4 Å². The predicted molar refractivity (Wildman–Crippen MR) is 95.7 cm³/mol. The Kier molecular flexibility index (Phi) is 4.71. The quantitative estimate of drug-likeness (QED) is 0.379. The van der Waals surface area contributed by atoms with Gasteiger partial charge in [-0.25, -0.2) is 9.78 Å². The molecule has 2 atom stereocenters. The van der Waals surface area contributed by atoms with Gasteiger partial charge in [0.2, 0.25) is 0 Å². The maximum atomic E-state index is 12.2. The number of aliphatic hydroxyl groups excluding tert-OH is 3. The zero-order valence-electron chi connectivity index (χ0n) is 14.7. The SMILES string of the molecule is O=c1nc2n(CC(O)CC(O)CO)c3cc4c(cc3nc-2c(=O)[nH]1)OCCO4. The van der Waals surface area contributed by atoms with E-state index in [9.17, 15) is 19.8 Å². The van der Waals surface area contributed by atoms with E-state index in [1.54, 1.807) is 12.1 Å². The fraction of sp³-hybridized carbons (Fsp3) is 0.412. The summed E-state index contributed by atoms with van der Waals surface area (Å²) in [6.45, 7) is 0.155. The van der Waals surface area contributed by atoms with E-state index in [-0.39, 0.29) is 24.5 Å². The van der Waals surface area contributed by atoms with Crippen molar-refractivity contribution in [1.82, 2.24) is 19.5 Å². The van der Waals surface area contributed by atoms with Crippen LogP contribution in [0.3, 0.4) is 0 Å². The molecule has 1 aromatic carbocycles. The van der Waals surface area contributed by atoms with E-state index >= 15 is 0 Å². The zero-order valence-corrected chi connectivity index (χ0v) is 14.7. The summed E-state index contributed by atoms with van der Waals surface area (Å²) in [5.74, 6) is 0.930. The number of aromatic nitrogens is 4. The minimum Gasteiger partial charge on any atom is -0.486 e. The highest BCUT2D eigenvalue weighted by Crippen LogP contribution is 2.35. The third-order valence-corrected chi connectivity index (χ3v) is 4.42. The number of hydrogen-bond acceptors (Lipinski definition) is 9. The first-order valence-electron chi connectivity index (χ1n) is 8.67. The summed E-state index contributed by atoms with van der Waals surface area (Å²) in [6, 6.07) is 3.25. The van der Waals surface area contributed by atoms with Crippen LogP contribution in [0.15, 0.2) is 21.7 Å². The van der Waals surface area contributed by atoms with Crippen molar-refractivity contribution in [2.45, 2.75) is 25.2 Å². The number of nitrogens with one attached hydrogen (secondary N) is 1. The van der Waals surface area contributed by atoms with E-state index < -0.39 is 30.1 Å². The Labute approximate surface area is 157 Å². The number of nitrogens with zero attached hydrogens (tertiary/aromatic N) is 3. The van der Waals surface area contributed by atoms with Crippen molar-refractivity contribution in [2.75, 3.05) is 19.8 Å². The zero-order chi connectivity index (χ0) is 19.8. The molecular formula is C17H18N4O7. The molecule has 2 unspecified atom stereocenters. The van der Waals surface area contributed by atoms with Crippen molar-refractivity contribution < 1.29 is 24.8 Å². The number of aromatic amines is 1. The van der Waals surface area contributed by atoms with Crippen LogP contribution in [0.2, 0.25) is 0 Å². The van der Waals surface area contributed by atoms with Crippen LogP contribution in [-0.4, -0.2) is 66.9 Å². The second-order valence-corrected chi connectivity index (χ2v) is 6.48. The lowest BCUT2D eigenvalue weighted by Gasteiger charge is -2.23. The summed E-state index contributed by atoms with van der Waals surface area (Å²) in [5.41, 5.74) is -0.761. The van der Waals surface area contributed by atoms with Crippen molar-refractivity contribution in [1.29, 1.82) is 0 Å². The molecule has 0 aliphatic carbocycles. The van der Waals surface area contributed by atoms with Crippen LogP contribution in [0.4, 0.5) is 0 Å². The van der Waals surface area contributed by atoms with Crippen LogP contribution >= 0.6 is 0 Å². The Morgan fingerprint density at radius 3 is 2.54 bits per heavy atom. The number of ether oxygens (including phenoxy) is 2. The molecule has 0 fully saturated rings. The summed E-state index contributed by atoms with van der Waals surface area (Å²) >= 11 is 0. The first-order valence-corrected chi connectivity index (χ1v) is 8.67. The van der Waals surface area contributed by atoms with E-state index in [0.717, 1.165) is 0 Å². The first-order chi connectivity index (χ1) is 13.5. The van der Waals surface area contributed by atoms with E-state index in [1.807, 2.05) is 0 Å². The molecule has 0 saturated heterocycles. The number of H-pyrrole nitrogens is 1. The maximum Gasteiger partial charge on any atom is 0.349 e. The largest absolute Gasteiger partial charge is 0.486 e. The predicted octanol–water partition coefficient (Wildman–Crippen LogP) is -1.54. The van der Waals surface area contributed by atoms with Gasteiger partial charge < -0.3 is 29.4 Å².